The summed E-state index contributed by atoms with van der Waals surface area (Å²) in [5.41, 5.74) is 2.70. The quantitative estimate of drug-likeness (QED) is 0.107. The van der Waals surface area contributed by atoms with E-state index >= 15 is 0 Å². The van der Waals surface area contributed by atoms with E-state index in [1.165, 1.54) is 11.1 Å². The highest BCUT2D eigenvalue weighted by molar-refractivity contribution is 5.72. The van der Waals surface area contributed by atoms with Gasteiger partial charge >= 0.3 is 18.1 Å². The van der Waals surface area contributed by atoms with Crippen molar-refractivity contribution in [2.24, 2.45) is 29.1 Å². The summed E-state index contributed by atoms with van der Waals surface area (Å²) in [4.78, 5) is 12.3. The number of unbranched alkanes of at least 4 members (excludes halogenated alkanes) is 6. The molecule has 2 N–H and O–H groups in total. The van der Waals surface area contributed by atoms with Gasteiger partial charge in [-0.15, -0.1) is 0 Å². The van der Waals surface area contributed by atoms with Crippen LogP contribution < -0.4 is 0 Å². The number of aromatic hydroxyl groups is 1. The third-order valence-corrected chi connectivity index (χ3v) is 11.5. The van der Waals surface area contributed by atoms with E-state index < -0.39 is 30.4 Å². The van der Waals surface area contributed by atoms with Crippen LogP contribution >= 0.6 is 0 Å². The smallest absolute Gasteiger partial charge is 0.453 e. The summed E-state index contributed by atoms with van der Waals surface area (Å²) in [6, 6.07) is 5.92. The fourth-order valence-electron chi connectivity index (χ4n) is 9.06. The molecule has 4 nitrogen and oxygen atoms in total. The van der Waals surface area contributed by atoms with Crippen LogP contribution in [0.4, 0.5) is 22.0 Å². The Morgan fingerprint density at radius 2 is 1.64 bits per heavy atom. The van der Waals surface area contributed by atoms with Gasteiger partial charge in [0.1, 0.15) is 5.75 Å². The van der Waals surface area contributed by atoms with Crippen molar-refractivity contribution in [2.75, 3.05) is 6.61 Å². The lowest BCUT2D eigenvalue weighted by Gasteiger charge is -2.53. The van der Waals surface area contributed by atoms with Gasteiger partial charge in [0.2, 0.25) is 0 Å². The molecule has 0 spiro atoms. The van der Waals surface area contributed by atoms with E-state index in [9.17, 15) is 37.0 Å². The number of phenols is 1. The molecular formula is C36H53F5O4. The van der Waals surface area contributed by atoms with Gasteiger partial charge in [-0.2, -0.15) is 22.0 Å². The third-order valence-electron chi connectivity index (χ3n) is 11.5. The molecule has 4 rings (SSSR count). The number of benzene rings is 1. The summed E-state index contributed by atoms with van der Waals surface area (Å²) >= 11 is 0. The molecule has 0 heterocycles. The van der Waals surface area contributed by atoms with Crippen LogP contribution in [0.25, 0.3) is 0 Å². The number of hydrogen-bond acceptors (Lipinski definition) is 4. The van der Waals surface area contributed by atoms with E-state index in [4.69, 9.17) is 4.74 Å². The van der Waals surface area contributed by atoms with Crippen LogP contribution in [-0.4, -0.2) is 41.0 Å². The van der Waals surface area contributed by atoms with Crippen LogP contribution in [-0.2, 0) is 16.0 Å². The maximum Gasteiger partial charge on any atom is 0.453 e. The summed E-state index contributed by atoms with van der Waals surface area (Å²) in [6.45, 7) is 4.10. The molecule has 0 saturated heterocycles. The molecule has 3 aliphatic carbocycles. The van der Waals surface area contributed by atoms with Crippen molar-refractivity contribution in [1.29, 1.82) is 0 Å². The van der Waals surface area contributed by atoms with Crippen LogP contribution in [0, 0.1) is 29.1 Å². The number of carbonyl (C=O) groups excluding carboxylic acids is 1. The number of fused-ring (bicyclic) bond motifs is 5. The van der Waals surface area contributed by atoms with Crippen LogP contribution in [0.2, 0.25) is 0 Å². The van der Waals surface area contributed by atoms with E-state index in [1.807, 2.05) is 12.1 Å². The molecule has 9 heteroatoms. The van der Waals surface area contributed by atoms with Crippen LogP contribution in [0.1, 0.15) is 134 Å². The van der Waals surface area contributed by atoms with E-state index in [1.54, 1.807) is 6.92 Å². The zero-order valence-electron chi connectivity index (χ0n) is 27.0. The number of aliphatic hydroxyl groups excluding tert-OH is 1. The summed E-state index contributed by atoms with van der Waals surface area (Å²) in [5, 5.41) is 21.1. The number of aliphatic hydroxyl groups is 1. The van der Waals surface area contributed by atoms with Crippen molar-refractivity contribution < 1.29 is 41.7 Å². The molecule has 2 saturated carbocycles. The summed E-state index contributed by atoms with van der Waals surface area (Å²) in [5.74, 6) is -3.41. The van der Waals surface area contributed by atoms with Crippen molar-refractivity contribution >= 4 is 5.97 Å². The topological polar surface area (TPSA) is 66.8 Å². The average molecular weight is 645 g/mol. The molecule has 0 aliphatic heterocycles. The Labute approximate surface area is 265 Å². The number of rotatable bonds is 16. The molecule has 0 aromatic heterocycles. The fraction of sp³-hybridized carbons (Fsp3) is 0.806. The van der Waals surface area contributed by atoms with Crippen LogP contribution in [0.15, 0.2) is 18.2 Å². The summed E-state index contributed by atoms with van der Waals surface area (Å²) in [7, 11) is 0. The Morgan fingerprint density at radius 1 is 0.978 bits per heavy atom. The Hall–Kier alpha value is -1.90. The molecule has 0 amide bonds. The van der Waals surface area contributed by atoms with Gasteiger partial charge in [-0.25, -0.2) is 0 Å². The number of esters is 1. The Kier molecular flexibility index (Phi) is 12.2. The van der Waals surface area contributed by atoms with E-state index in [2.05, 4.69) is 13.0 Å². The highest BCUT2D eigenvalue weighted by Gasteiger charge is 2.57. The van der Waals surface area contributed by atoms with Crippen LogP contribution in [0.5, 0.6) is 5.75 Å². The maximum atomic E-state index is 13.3. The molecule has 45 heavy (non-hydrogen) atoms. The molecule has 0 radical (unpaired) electrons. The number of hydrogen-bond donors (Lipinski definition) is 2. The van der Waals surface area contributed by atoms with Gasteiger partial charge < -0.3 is 14.9 Å². The molecule has 3 aliphatic rings. The van der Waals surface area contributed by atoms with Gasteiger partial charge in [0, 0.05) is 6.42 Å². The highest BCUT2D eigenvalue weighted by atomic mass is 19.4. The normalized spacial score (nSPS) is 28.7. The second kappa shape index (κ2) is 15.3. The first-order valence-electron chi connectivity index (χ1n) is 17.4. The first-order chi connectivity index (χ1) is 21.3. The predicted molar refractivity (Wildman–Crippen MR) is 164 cm³/mol. The van der Waals surface area contributed by atoms with Crippen molar-refractivity contribution in [1.82, 2.24) is 0 Å². The average Bonchev–Trinajstić information content (AvgIpc) is 3.28. The number of ether oxygens (including phenoxy) is 1. The van der Waals surface area contributed by atoms with E-state index in [0.717, 1.165) is 77.0 Å². The zero-order chi connectivity index (χ0) is 32.8. The monoisotopic (exact) mass is 644 g/mol. The maximum absolute atomic E-state index is 13.3. The molecule has 1 aromatic rings. The van der Waals surface area contributed by atoms with Crippen molar-refractivity contribution in [2.45, 2.75) is 147 Å². The largest absolute Gasteiger partial charge is 0.508 e. The van der Waals surface area contributed by atoms with Gasteiger partial charge in [0.15, 0.2) is 0 Å². The lowest BCUT2D eigenvalue weighted by Crippen LogP contribution is -2.47. The predicted octanol–water partition coefficient (Wildman–Crippen LogP) is 9.89. The highest BCUT2D eigenvalue weighted by Crippen LogP contribution is 2.62. The molecule has 6 unspecified atom stereocenters. The summed E-state index contributed by atoms with van der Waals surface area (Å²) in [6.07, 6.45) is 6.22. The minimum absolute atomic E-state index is 0.00821. The van der Waals surface area contributed by atoms with Gasteiger partial charge in [-0.3, -0.25) is 4.79 Å². The number of halogens is 5. The van der Waals surface area contributed by atoms with Gasteiger partial charge in [-0.1, -0.05) is 57.9 Å². The van der Waals surface area contributed by atoms with E-state index in [-0.39, 0.29) is 31.0 Å². The van der Waals surface area contributed by atoms with Crippen molar-refractivity contribution in [3.8, 4) is 5.75 Å². The van der Waals surface area contributed by atoms with Crippen LogP contribution in [0.3, 0.4) is 0 Å². The van der Waals surface area contributed by atoms with Gasteiger partial charge in [0.05, 0.1) is 18.6 Å². The molecule has 0 bridgehead atoms. The number of alkyl halides is 5. The number of carbonyl (C=O) groups is 1. The lowest BCUT2D eigenvalue weighted by atomic mass is 9.52. The Morgan fingerprint density at radius 3 is 2.33 bits per heavy atom. The van der Waals surface area contributed by atoms with Crippen molar-refractivity contribution in [3.05, 3.63) is 29.3 Å². The second-order valence-corrected chi connectivity index (χ2v) is 14.4. The minimum Gasteiger partial charge on any atom is -0.508 e. The zero-order valence-corrected chi connectivity index (χ0v) is 27.0. The first-order valence-corrected chi connectivity index (χ1v) is 17.4. The van der Waals surface area contributed by atoms with Gasteiger partial charge in [-0.05, 0) is 117 Å². The first kappa shape index (κ1) is 35.9. The molecule has 1 aromatic carbocycles. The van der Waals surface area contributed by atoms with E-state index in [0.29, 0.717) is 42.3 Å². The molecule has 256 valence electrons. The standard InChI is InChI=1S/C36H53F5O4/c1-3-45-33(44)24(14-11-20-35(37,38)36(39,40)41)12-9-7-5-4-6-8-10-13-25-22-26-23-27(42)15-16-28(26)29-19-21-34(2)30(32(25)29)17-18-31(34)43/h15-16,23-25,29-32,42-43H,3-14,17-22H2,1-2H3/t24?,25?,29?,30?,31?,32?,34-/m0/s1. The van der Waals surface area contributed by atoms with Crippen molar-refractivity contribution in [3.63, 3.8) is 0 Å². The molecule has 2 fully saturated rings. The molecular weight excluding hydrogens is 591 g/mol. The van der Waals surface area contributed by atoms with Gasteiger partial charge in [0.25, 0.3) is 0 Å². The summed E-state index contributed by atoms with van der Waals surface area (Å²) < 4.78 is 69.0. The fourth-order valence-corrected chi connectivity index (χ4v) is 9.06. The number of phenolic OH excluding ortho intramolecular Hbond substituents is 1. The third kappa shape index (κ3) is 8.53. The Bertz CT molecular complexity index is 1110. The second-order valence-electron chi connectivity index (χ2n) is 14.4. The minimum atomic E-state index is -5.57. The molecule has 7 atom stereocenters. The lowest BCUT2D eigenvalue weighted by molar-refractivity contribution is -0.284. The Balaban J connectivity index is 1.19. The SMILES string of the molecule is CCOC(=O)C(CCCCCCCCCC1Cc2cc(O)ccc2C2CC[C@]3(C)C(O)CCC3C12)CCCC(F)(F)C(F)(F)F.